The van der Waals surface area contributed by atoms with Gasteiger partial charge < -0.3 is 10.4 Å². The Labute approximate surface area is 129 Å². The van der Waals surface area contributed by atoms with Gasteiger partial charge in [-0.25, -0.2) is 4.98 Å². The second-order valence-corrected chi connectivity index (χ2v) is 6.32. The Morgan fingerprint density at radius 3 is 3.00 bits per heavy atom. The van der Waals surface area contributed by atoms with Crippen LogP contribution >= 0.6 is 0 Å². The third-order valence-corrected chi connectivity index (χ3v) is 4.65. The fourth-order valence-electron chi connectivity index (χ4n) is 3.38. The highest BCUT2D eigenvalue weighted by molar-refractivity contribution is 5.78. The minimum atomic E-state index is -0.476. The average Bonchev–Trinajstić information content (AvgIpc) is 2.53. The maximum Gasteiger partial charge on any atom is 0.257 e. The standard InChI is InChI=1S/C16H23N3O3/c20-11(8-14-15(21)6-3-7-17-14)9-19-10-18-13-5-2-1-4-12(13)16(19)22/h10,14-15,17,21H,1-9H2/t14?,15-/m0/s1. The van der Waals surface area contributed by atoms with Gasteiger partial charge in [0.15, 0.2) is 5.78 Å². The molecule has 0 amide bonds. The summed E-state index contributed by atoms with van der Waals surface area (Å²) in [5.74, 6) is -0.0434. The number of carbonyl (C=O) groups excluding carboxylic acids is 1. The normalized spacial score (nSPS) is 24.8. The fraction of sp³-hybridized carbons (Fsp3) is 0.688. The van der Waals surface area contributed by atoms with E-state index in [1.54, 1.807) is 0 Å². The Morgan fingerprint density at radius 1 is 1.36 bits per heavy atom. The van der Waals surface area contributed by atoms with Crippen molar-refractivity contribution in [2.24, 2.45) is 0 Å². The summed E-state index contributed by atoms with van der Waals surface area (Å²) in [5, 5.41) is 13.1. The Balaban J connectivity index is 1.68. The predicted octanol–water partition coefficient (Wildman–Crippen LogP) is 0.194. The number of nitrogens with one attached hydrogen (secondary N) is 1. The van der Waals surface area contributed by atoms with Gasteiger partial charge in [0.2, 0.25) is 0 Å². The molecule has 2 atom stereocenters. The molecule has 1 unspecified atom stereocenters. The quantitative estimate of drug-likeness (QED) is 0.830. The van der Waals surface area contributed by atoms with Crippen LogP contribution in [0.15, 0.2) is 11.1 Å². The van der Waals surface area contributed by atoms with E-state index in [1.165, 1.54) is 10.9 Å². The van der Waals surface area contributed by atoms with E-state index in [1.807, 2.05) is 0 Å². The molecule has 6 heteroatoms. The third-order valence-electron chi connectivity index (χ3n) is 4.65. The van der Waals surface area contributed by atoms with E-state index in [9.17, 15) is 14.7 Å². The minimum Gasteiger partial charge on any atom is -0.391 e. The molecule has 1 aliphatic heterocycles. The minimum absolute atomic E-state index is 0.0434. The first-order valence-electron chi connectivity index (χ1n) is 8.15. The summed E-state index contributed by atoms with van der Waals surface area (Å²) in [7, 11) is 0. The zero-order valence-corrected chi connectivity index (χ0v) is 12.8. The highest BCUT2D eigenvalue weighted by Gasteiger charge is 2.25. The SMILES string of the molecule is O=C(CC1NCCC[C@@H]1O)Cn1cnc2c(c1=O)CCCC2. The van der Waals surface area contributed by atoms with Gasteiger partial charge in [0.1, 0.15) is 0 Å². The molecular formula is C16H23N3O3. The van der Waals surface area contributed by atoms with Gasteiger partial charge in [0.25, 0.3) is 5.56 Å². The van der Waals surface area contributed by atoms with Crippen LogP contribution in [0.5, 0.6) is 0 Å². The Hall–Kier alpha value is -1.53. The van der Waals surface area contributed by atoms with Crippen LogP contribution in [0.2, 0.25) is 0 Å². The second-order valence-electron chi connectivity index (χ2n) is 6.32. The van der Waals surface area contributed by atoms with Crippen LogP contribution in [-0.2, 0) is 24.2 Å². The molecule has 1 aromatic rings. The molecule has 2 N–H and O–H groups in total. The first-order chi connectivity index (χ1) is 10.6. The summed E-state index contributed by atoms with van der Waals surface area (Å²) < 4.78 is 1.42. The maximum atomic E-state index is 12.4. The Morgan fingerprint density at radius 2 is 2.18 bits per heavy atom. The number of carbonyl (C=O) groups is 1. The van der Waals surface area contributed by atoms with Crippen molar-refractivity contribution in [2.75, 3.05) is 6.54 Å². The lowest BCUT2D eigenvalue weighted by molar-refractivity contribution is -0.121. The second kappa shape index (κ2) is 6.71. The van der Waals surface area contributed by atoms with E-state index < -0.39 is 6.10 Å². The molecule has 2 aliphatic rings. The molecule has 2 heterocycles. The van der Waals surface area contributed by atoms with Crippen molar-refractivity contribution in [3.63, 3.8) is 0 Å². The fourth-order valence-corrected chi connectivity index (χ4v) is 3.38. The number of piperidine rings is 1. The molecule has 0 bridgehead atoms. The van der Waals surface area contributed by atoms with Gasteiger partial charge in [-0.1, -0.05) is 0 Å². The average molecular weight is 305 g/mol. The van der Waals surface area contributed by atoms with Crippen LogP contribution in [0, 0.1) is 0 Å². The third kappa shape index (κ3) is 3.28. The number of Topliss-reactive ketones (excluding diaryl/α,β-unsaturated/α-hetero) is 1. The summed E-state index contributed by atoms with van der Waals surface area (Å²) in [6, 6.07) is -0.192. The summed E-state index contributed by atoms with van der Waals surface area (Å²) in [6.45, 7) is 0.874. The van der Waals surface area contributed by atoms with E-state index in [-0.39, 0.29) is 30.3 Å². The van der Waals surface area contributed by atoms with Crippen molar-refractivity contribution >= 4 is 5.78 Å². The van der Waals surface area contributed by atoms with Crippen molar-refractivity contribution in [3.8, 4) is 0 Å². The van der Waals surface area contributed by atoms with E-state index >= 15 is 0 Å². The first-order valence-corrected chi connectivity index (χ1v) is 8.15. The van der Waals surface area contributed by atoms with Crippen molar-refractivity contribution in [1.82, 2.24) is 14.9 Å². The van der Waals surface area contributed by atoms with E-state index in [0.717, 1.165) is 56.3 Å². The van der Waals surface area contributed by atoms with Crippen molar-refractivity contribution in [2.45, 2.75) is 63.6 Å². The van der Waals surface area contributed by atoms with Crippen molar-refractivity contribution < 1.29 is 9.90 Å². The number of hydrogen-bond acceptors (Lipinski definition) is 5. The number of aliphatic hydroxyl groups excluding tert-OH is 1. The van der Waals surface area contributed by atoms with Crippen molar-refractivity contribution in [3.05, 3.63) is 27.9 Å². The number of nitrogens with zero attached hydrogens (tertiary/aromatic N) is 2. The molecule has 0 aromatic carbocycles. The highest BCUT2D eigenvalue weighted by atomic mass is 16.3. The largest absolute Gasteiger partial charge is 0.391 e. The number of rotatable bonds is 4. The van der Waals surface area contributed by atoms with Crippen LogP contribution in [0.3, 0.4) is 0 Å². The molecular weight excluding hydrogens is 282 g/mol. The number of aromatic nitrogens is 2. The number of aryl methyl sites for hydroxylation is 1. The van der Waals surface area contributed by atoms with E-state index in [2.05, 4.69) is 10.3 Å². The molecule has 1 fully saturated rings. The predicted molar refractivity (Wildman–Crippen MR) is 81.8 cm³/mol. The lowest BCUT2D eigenvalue weighted by Gasteiger charge is -2.28. The number of ketones is 1. The number of hydrogen-bond donors (Lipinski definition) is 2. The van der Waals surface area contributed by atoms with Crippen LogP contribution in [-0.4, -0.2) is 39.1 Å². The number of aliphatic hydroxyl groups is 1. The van der Waals surface area contributed by atoms with Gasteiger partial charge in [-0.05, 0) is 45.1 Å². The topological polar surface area (TPSA) is 84.2 Å². The molecule has 0 saturated carbocycles. The molecule has 3 rings (SSSR count). The van der Waals surface area contributed by atoms with Crippen LogP contribution in [0.1, 0.15) is 43.4 Å². The molecule has 120 valence electrons. The van der Waals surface area contributed by atoms with E-state index in [0.29, 0.717) is 0 Å². The number of fused-ring (bicyclic) bond motifs is 1. The molecule has 1 aromatic heterocycles. The van der Waals surface area contributed by atoms with Crippen LogP contribution in [0.25, 0.3) is 0 Å². The molecule has 0 radical (unpaired) electrons. The summed E-state index contributed by atoms with van der Waals surface area (Å²) >= 11 is 0. The lowest BCUT2D eigenvalue weighted by Crippen LogP contribution is -2.46. The van der Waals surface area contributed by atoms with Gasteiger partial charge >= 0.3 is 0 Å². The van der Waals surface area contributed by atoms with Gasteiger partial charge in [-0.3, -0.25) is 14.2 Å². The molecule has 0 spiro atoms. The first kappa shape index (κ1) is 15.4. The van der Waals surface area contributed by atoms with Crippen LogP contribution in [0.4, 0.5) is 0 Å². The van der Waals surface area contributed by atoms with E-state index in [4.69, 9.17) is 0 Å². The van der Waals surface area contributed by atoms with Crippen molar-refractivity contribution in [1.29, 1.82) is 0 Å². The Kier molecular flexibility index (Phi) is 4.69. The monoisotopic (exact) mass is 305 g/mol. The van der Waals surface area contributed by atoms with Gasteiger partial charge in [0, 0.05) is 18.0 Å². The maximum absolute atomic E-state index is 12.4. The molecule has 22 heavy (non-hydrogen) atoms. The molecule has 1 aliphatic carbocycles. The van der Waals surface area contributed by atoms with Gasteiger partial charge in [0.05, 0.1) is 24.7 Å². The lowest BCUT2D eigenvalue weighted by atomic mass is 9.96. The summed E-state index contributed by atoms with van der Waals surface area (Å²) in [4.78, 5) is 29.0. The van der Waals surface area contributed by atoms with Gasteiger partial charge in [-0.2, -0.15) is 0 Å². The van der Waals surface area contributed by atoms with Crippen LogP contribution < -0.4 is 10.9 Å². The summed E-state index contributed by atoms with van der Waals surface area (Å²) in [5.41, 5.74) is 1.59. The van der Waals surface area contributed by atoms with Gasteiger partial charge in [-0.15, -0.1) is 0 Å². The molecule has 1 saturated heterocycles. The highest BCUT2D eigenvalue weighted by Crippen LogP contribution is 2.15. The zero-order chi connectivity index (χ0) is 15.5. The Bertz CT molecular complexity index is 611. The zero-order valence-electron chi connectivity index (χ0n) is 12.8. The molecule has 6 nitrogen and oxygen atoms in total. The summed E-state index contributed by atoms with van der Waals surface area (Å²) in [6.07, 6.45) is 6.64. The smallest absolute Gasteiger partial charge is 0.257 e.